The first-order valence-electron chi connectivity index (χ1n) is 6.99. The zero-order valence-corrected chi connectivity index (χ0v) is 12.4. The summed E-state index contributed by atoms with van der Waals surface area (Å²) in [4.78, 5) is 2.42. The number of methoxy groups -OCH3 is 1. The number of benzene rings is 1. The van der Waals surface area contributed by atoms with Gasteiger partial charge in [-0.1, -0.05) is 12.1 Å². The lowest BCUT2D eigenvalue weighted by molar-refractivity contribution is 0.0746. The molecule has 0 bridgehead atoms. The Balaban J connectivity index is 2.20. The Kier molecular flexibility index (Phi) is 4.16. The van der Waals surface area contributed by atoms with E-state index in [1.807, 2.05) is 12.1 Å². The molecule has 3 nitrogen and oxygen atoms in total. The molecule has 1 heterocycles. The topological polar surface area (TPSA) is 32.7 Å². The van der Waals surface area contributed by atoms with Crippen LogP contribution >= 0.6 is 0 Å². The molecule has 2 rings (SSSR count). The third kappa shape index (κ3) is 2.93. The number of ether oxygens (including phenoxy) is 1. The summed E-state index contributed by atoms with van der Waals surface area (Å²) in [6.07, 6.45) is 1.11. The third-order valence-corrected chi connectivity index (χ3v) is 4.14. The summed E-state index contributed by atoms with van der Waals surface area (Å²) in [5.74, 6) is 1.30. The first kappa shape index (κ1) is 14.4. The smallest absolute Gasteiger partial charge is 0.118 e. The molecule has 1 aromatic rings. The van der Waals surface area contributed by atoms with Crippen molar-refractivity contribution in [1.29, 1.82) is 0 Å². The van der Waals surface area contributed by atoms with E-state index in [-0.39, 0.29) is 18.2 Å². The Morgan fingerprint density at radius 2 is 1.89 bits per heavy atom. The van der Waals surface area contributed by atoms with Crippen LogP contribution in [0.4, 0.5) is 0 Å². The first-order chi connectivity index (χ1) is 8.97. The van der Waals surface area contributed by atoms with Crippen molar-refractivity contribution in [2.45, 2.75) is 44.7 Å². The molecular formula is C16H25NO2. The van der Waals surface area contributed by atoms with Crippen molar-refractivity contribution >= 4 is 0 Å². The number of likely N-dealkylation sites (tertiary alicyclic amines) is 1. The van der Waals surface area contributed by atoms with Crippen molar-refractivity contribution in [2.75, 3.05) is 20.3 Å². The Labute approximate surface area is 116 Å². The Morgan fingerprint density at radius 3 is 2.37 bits per heavy atom. The van der Waals surface area contributed by atoms with Gasteiger partial charge in [0.25, 0.3) is 0 Å². The maximum Gasteiger partial charge on any atom is 0.118 e. The fourth-order valence-electron chi connectivity index (χ4n) is 3.15. The number of rotatable bonds is 3. The van der Waals surface area contributed by atoms with E-state index in [9.17, 15) is 5.11 Å². The lowest BCUT2D eigenvalue weighted by atomic mass is 9.91. The average molecular weight is 263 g/mol. The molecule has 1 N–H and O–H groups in total. The minimum Gasteiger partial charge on any atom is -0.497 e. The predicted octanol–water partition coefficient (Wildman–Crippen LogP) is 2.64. The van der Waals surface area contributed by atoms with Gasteiger partial charge < -0.3 is 9.84 Å². The van der Waals surface area contributed by atoms with Crippen LogP contribution in [0.5, 0.6) is 5.75 Å². The molecule has 2 atom stereocenters. The SMILES string of the molecule is COc1ccc([C@H]2CCN(C(C)(C)C)[C@H]2CO)cc1. The van der Waals surface area contributed by atoms with Crippen LogP contribution in [0.25, 0.3) is 0 Å². The average Bonchev–Trinajstić information content (AvgIpc) is 2.82. The molecule has 3 heteroatoms. The normalized spacial score (nSPS) is 24.7. The highest BCUT2D eigenvalue weighted by molar-refractivity contribution is 5.31. The fourth-order valence-corrected chi connectivity index (χ4v) is 3.15. The van der Waals surface area contributed by atoms with Gasteiger partial charge in [-0.15, -0.1) is 0 Å². The molecule has 0 spiro atoms. The number of aliphatic hydroxyl groups excluding tert-OH is 1. The number of nitrogens with zero attached hydrogens (tertiary/aromatic N) is 1. The zero-order chi connectivity index (χ0) is 14.0. The van der Waals surface area contributed by atoms with E-state index in [1.54, 1.807) is 7.11 Å². The van der Waals surface area contributed by atoms with E-state index in [0.29, 0.717) is 5.92 Å². The Bertz CT molecular complexity index is 408. The first-order valence-corrected chi connectivity index (χ1v) is 6.99. The summed E-state index contributed by atoms with van der Waals surface area (Å²) in [6.45, 7) is 7.91. The molecule has 1 aromatic carbocycles. The quantitative estimate of drug-likeness (QED) is 0.910. The second kappa shape index (κ2) is 5.51. The molecule has 1 aliphatic rings. The van der Waals surface area contributed by atoms with Gasteiger partial charge in [0.15, 0.2) is 0 Å². The second-order valence-corrected chi connectivity index (χ2v) is 6.28. The molecule has 106 valence electrons. The van der Waals surface area contributed by atoms with Crippen LogP contribution in [-0.2, 0) is 0 Å². The van der Waals surface area contributed by atoms with Crippen LogP contribution in [-0.4, -0.2) is 41.8 Å². The summed E-state index contributed by atoms with van der Waals surface area (Å²) in [7, 11) is 1.68. The maximum atomic E-state index is 9.77. The van der Waals surface area contributed by atoms with E-state index in [4.69, 9.17) is 4.74 Å². The molecule has 1 fully saturated rings. The lowest BCUT2D eigenvalue weighted by Crippen LogP contribution is -2.47. The van der Waals surface area contributed by atoms with Crippen molar-refractivity contribution in [2.24, 2.45) is 0 Å². The predicted molar refractivity (Wildman–Crippen MR) is 77.7 cm³/mol. The highest BCUT2D eigenvalue weighted by Gasteiger charge is 2.39. The van der Waals surface area contributed by atoms with Gasteiger partial charge in [0.1, 0.15) is 5.75 Å². The van der Waals surface area contributed by atoms with Crippen LogP contribution < -0.4 is 4.74 Å². The molecule has 0 radical (unpaired) electrons. The summed E-state index contributed by atoms with van der Waals surface area (Å²) < 4.78 is 5.20. The van der Waals surface area contributed by atoms with Crippen LogP contribution in [0.2, 0.25) is 0 Å². The van der Waals surface area contributed by atoms with Gasteiger partial charge in [-0.2, -0.15) is 0 Å². The Hall–Kier alpha value is -1.06. The molecule has 1 saturated heterocycles. The molecule has 0 amide bonds. The van der Waals surface area contributed by atoms with Crippen LogP contribution in [0.1, 0.15) is 38.7 Å². The third-order valence-electron chi connectivity index (χ3n) is 4.14. The van der Waals surface area contributed by atoms with E-state index in [1.165, 1.54) is 5.56 Å². The number of hydrogen-bond donors (Lipinski definition) is 1. The molecule has 0 saturated carbocycles. The maximum absolute atomic E-state index is 9.77. The van der Waals surface area contributed by atoms with Gasteiger partial charge in [0.2, 0.25) is 0 Å². The monoisotopic (exact) mass is 263 g/mol. The highest BCUT2D eigenvalue weighted by Crippen LogP contribution is 2.37. The van der Waals surface area contributed by atoms with Gasteiger partial charge in [0.05, 0.1) is 13.7 Å². The molecule has 0 aliphatic carbocycles. The summed E-state index contributed by atoms with van der Waals surface area (Å²) in [6, 6.07) is 8.47. The van der Waals surface area contributed by atoms with Crippen molar-refractivity contribution in [3.05, 3.63) is 29.8 Å². The second-order valence-electron chi connectivity index (χ2n) is 6.28. The highest BCUT2D eigenvalue weighted by atomic mass is 16.5. The Morgan fingerprint density at radius 1 is 1.26 bits per heavy atom. The largest absolute Gasteiger partial charge is 0.497 e. The summed E-state index contributed by atoms with van der Waals surface area (Å²) in [5, 5.41) is 9.77. The van der Waals surface area contributed by atoms with Gasteiger partial charge in [-0.05, 0) is 51.4 Å². The van der Waals surface area contributed by atoms with Crippen molar-refractivity contribution < 1.29 is 9.84 Å². The molecule has 0 unspecified atom stereocenters. The van der Waals surface area contributed by atoms with Gasteiger partial charge in [0, 0.05) is 17.5 Å². The van der Waals surface area contributed by atoms with Crippen molar-refractivity contribution in [1.82, 2.24) is 4.90 Å². The van der Waals surface area contributed by atoms with Crippen LogP contribution in [0.3, 0.4) is 0 Å². The molecule has 0 aromatic heterocycles. The minimum atomic E-state index is 0.106. The lowest BCUT2D eigenvalue weighted by Gasteiger charge is -2.37. The van der Waals surface area contributed by atoms with Gasteiger partial charge >= 0.3 is 0 Å². The zero-order valence-electron chi connectivity index (χ0n) is 12.4. The van der Waals surface area contributed by atoms with Crippen molar-refractivity contribution in [3.8, 4) is 5.75 Å². The van der Waals surface area contributed by atoms with E-state index >= 15 is 0 Å². The number of aliphatic hydroxyl groups is 1. The number of hydrogen-bond acceptors (Lipinski definition) is 3. The fraction of sp³-hybridized carbons (Fsp3) is 0.625. The standard InChI is InChI=1S/C16H25NO2/c1-16(2,3)17-10-9-14(15(17)11-18)12-5-7-13(19-4)8-6-12/h5-8,14-15,18H,9-11H2,1-4H3/t14-,15+/m1/s1. The molecule has 19 heavy (non-hydrogen) atoms. The van der Waals surface area contributed by atoms with E-state index < -0.39 is 0 Å². The molecule has 1 aliphatic heterocycles. The van der Waals surface area contributed by atoms with Gasteiger partial charge in [-0.3, -0.25) is 4.90 Å². The van der Waals surface area contributed by atoms with E-state index in [0.717, 1.165) is 18.7 Å². The summed E-state index contributed by atoms with van der Waals surface area (Å²) in [5.41, 5.74) is 1.40. The van der Waals surface area contributed by atoms with Crippen molar-refractivity contribution in [3.63, 3.8) is 0 Å². The molecular weight excluding hydrogens is 238 g/mol. The van der Waals surface area contributed by atoms with Crippen LogP contribution in [0, 0.1) is 0 Å². The van der Waals surface area contributed by atoms with E-state index in [2.05, 4.69) is 37.8 Å². The van der Waals surface area contributed by atoms with Gasteiger partial charge in [-0.25, -0.2) is 0 Å². The minimum absolute atomic E-state index is 0.106. The van der Waals surface area contributed by atoms with Crippen LogP contribution in [0.15, 0.2) is 24.3 Å². The summed E-state index contributed by atoms with van der Waals surface area (Å²) >= 11 is 0.